The van der Waals surface area contributed by atoms with Crippen molar-refractivity contribution in [3.05, 3.63) is 22.9 Å². The summed E-state index contributed by atoms with van der Waals surface area (Å²) in [5, 5.41) is 3.02. The Labute approximate surface area is 118 Å². The Morgan fingerprint density at radius 1 is 1.53 bits per heavy atom. The molecule has 3 N–H and O–H groups in total. The molecule has 0 amide bonds. The topological polar surface area (TPSA) is 85.1 Å². The predicted molar refractivity (Wildman–Crippen MR) is 80.3 cm³/mol. The van der Waals surface area contributed by atoms with E-state index in [2.05, 4.69) is 10.3 Å². The molecule has 0 spiro atoms. The highest BCUT2D eigenvalue weighted by Gasteiger charge is 2.17. The van der Waals surface area contributed by atoms with Crippen LogP contribution in [0.15, 0.2) is 6.07 Å². The van der Waals surface area contributed by atoms with E-state index in [4.69, 9.17) is 18.0 Å². The highest BCUT2D eigenvalue weighted by atomic mass is 32.2. The number of sulfone groups is 1. The molecule has 1 aliphatic carbocycles. The summed E-state index contributed by atoms with van der Waals surface area (Å²) in [7, 11) is -2.99. The fourth-order valence-corrected chi connectivity index (χ4v) is 2.78. The largest absolute Gasteiger partial charge is 0.389 e. The first kappa shape index (κ1) is 14.2. The molecule has 2 rings (SSSR count). The number of fused-ring (bicyclic) bond motifs is 1. The molecule has 0 radical (unpaired) electrons. The van der Waals surface area contributed by atoms with Crippen LogP contribution in [0.4, 0.5) is 5.82 Å². The summed E-state index contributed by atoms with van der Waals surface area (Å²) in [6.07, 6.45) is 4.25. The maximum atomic E-state index is 11.1. The third kappa shape index (κ3) is 3.63. The van der Waals surface area contributed by atoms with Crippen LogP contribution in [0.5, 0.6) is 0 Å². The number of nitrogens with two attached hydrogens (primary N) is 1. The first-order chi connectivity index (χ1) is 8.87. The molecule has 0 atom stereocenters. The van der Waals surface area contributed by atoms with Gasteiger partial charge in [-0.1, -0.05) is 12.2 Å². The van der Waals surface area contributed by atoms with Crippen LogP contribution < -0.4 is 11.1 Å². The van der Waals surface area contributed by atoms with Gasteiger partial charge in [0, 0.05) is 18.5 Å². The summed E-state index contributed by atoms with van der Waals surface area (Å²) < 4.78 is 22.2. The molecule has 19 heavy (non-hydrogen) atoms. The first-order valence-electron chi connectivity index (χ1n) is 6.11. The molecule has 1 heterocycles. The second kappa shape index (κ2) is 5.42. The number of thiocarbonyl (C=S) groups is 1. The zero-order valence-corrected chi connectivity index (χ0v) is 12.4. The van der Waals surface area contributed by atoms with Crippen molar-refractivity contribution in [3.63, 3.8) is 0 Å². The van der Waals surface area contributed by atoms with Crippen LogP contribution in [-0.4, -0.2) is 36.9 Å². The van der Waals surface area contributed by atoms with Crippen molar-refractivity contribution in [2.24, 2.45) is 5.73 Å². The SMILES string of the molecule is CS(=O)(=O)CCNc1nc2c(cc1C(N)=S)CCC2. The van der Waals surface area contributed by atoms with Gasteiger partial charge in [-0.15, -0.1) is 0 Å². The number of nitrogens with one attached hydrogen (secondary N) is 1. The van der Waals surface area contributed by atoms with E-state index in [9.17, 15) is 8.42 Å². The Bertz CT molecular complexity index is 612. The molecule has 1 aliphatic rings. The number of rotatable bonds is 5. The number of hydrogen-bond donors (Lipinski definition) is 2. The molecular formula is C12H17N3O2S2. The van der Waals surface area contributed by atoms with Crippen LogP contribution in [0.2, 0.25) is 0 Å². The molecule has 104 valence electrons. The lowest BCUT2D eigenvalue weighted by Crippen LogP contribution is -2.19. The maximum absolute atomic E-state index is 11.1. The van der Waals surface area contributed by atoms with Crippen molar-refractivity contribution in [1.82, 2.24) is 4.98 Å². The number of anilines is 1. The summed E-state index contributed by atoms with van der Waals surface area (Å²) in [5.74, 6) is 0.652. The molecule has 5 nitrogen and oxygen atoms in total. The van der Waals surface area contributed by atoms with Crippen LogP contribution in [-0.2, 0) is 22.7 Å². The normalized spacial score (nSPS) is 14.2. The Balaban J connectivity index is 2.21. The number of hydrogen-bond acceptors (Lipinski definition) is 5. The van der Waals surface area contributed by atoms with Crippen molar-refractivity contribution in [1.29, 1.82) is 0 Å². The summed E-state index contributed by atoms with van der Waals surface area (Å²) in [6.45, 7) is 0.306. The molecular weight excluding hydrogens is 282 g/mol. The van der Waals surface area contributed by atoms with E-state index in [1.165, 1.54) is 11.8 Å². The van der Waals surface area contributed by atoms with E-state index in [1.807, 2.05) is 6.07 Å². The molecule has 0 unspecified atom stereocenters. The lowest BCUT2D eigenvalue weighted by atomic mass is 10.1. The van der Waals surface area contributed by atoms with Gasteiger partial charge < -0.3 is 11.1 Å². The second-order valence-corrected chi connectivity index (χ2v) is 7.46. The van der Waals surface area contributed by atoms with Gasteiger partial charge in [0.15, 0.2) is 0 Å². The number of aryl methyl sites for hydroxylation is 2. The highest BCUT2D eigenvalue weighted by Crippen LogP contribution is 2.25. The smallest absolute Gasteiger partial charge is 0.149 e. The average Bonchev–Trinajstić information content (AvgIpc) is 2.72. The molecule has 7 heteroatoms. The Hall–Kier alpha value is -1.21. The zero-order chi connectivity index (χ0) is 14.0. The lowest BCUT2D eigenvalue weighted by Gasteiger charge is -2.12. The van der Waals surface area contributed by atoms with Gasteiger partial charge in [-0.05, 0) is 30.9 Å². The monoisotopic (exact) mass is 299 g/mol. The minimum atomic E-state index is -2.99. The van der Waals surface area contributed by atoms with Gasteiger partial charge in [-0.2, -0.15) is 0 Å². The summed E-state index contributed by atoms with van der Waals surface area (Å²) in [5.41, 5.74) is 8.65. The van der Waals surface area contributed by atoms with E-state index < -0.39 is 9.84 Å². The van der Waals surface area contributed by atoms with Gasteiger partial charge >= 0.3 is 0 Å². The van der Waals surface area contributed by atoms with Gasteiger partial charge in [-0.25, -0.2) is 13.4 Å². The molecule has 0 fully saturated rings. The molecule has 1 aromatic heterocycles. The number of pyridine rings is 1. The summed E-state index contributed by atoms with van der Waals surface area (Å²) in [6, 6.07) is 1.97. The standard InChI is InChI=1S/C12H17N3O2S2/c1-19(16,17)6-5-14-12-9(11(13)18)7-8-3-2-4-10(8)15-12/h7H,2-6H2,1H3,(H2,13,18)(H,14,15). The third-order valence-corrected chi connectivity index (χ3v) is 4.25. The van der Waals surface area contributed by atoms with E-state index in [0.29, 0.717) is 17.9 Å². The predicted octanol–water partition coefficient (Wildman–Crippen LogP) is 0.661. The average molecular weight is 299 g/mol. The molecule has 0 aromatic carbocycles. The van der Waals surface area contributed by atoms with Gasteiger partial charge in [0.2, 0.25) is 0 Å². The number of aromatic nitrogens is 1. The summed E-state index contributed by atoms with van der Waals surface area (Å²) in [4.78, 5) is 4.80. The molecule has 0 bridgehead atoms. The van der Waals surface area contributed by atoms with E-state index in [0.717, 1.165) is 25.0 Å². The van der Waals surface area contributed by atoms with Crippen molar-refractivity contribution in [2.45, 2.75) is 19.3 Å². The van der Waals surface area contributed by atoms with E-state index in [-0.39, 0.29) is 10.7 Å². The van der Waals surface area contributed by atoms with Crippen LogP contribution in [0.1, 0.15) is 23.2 Å². The minimum Gasteiger partial charge on any atom is -0.389 e. The minimum absolute atomic E-state index is 0.0581. The Morgan fingerprint density at radius 2 is 2.26 bits per heavy atom. The van der Waals surface area contributed by atoms with Crippen molar-refractivity contribution in [2.75, 3.05) is 23.9 Å². The van der Waals surface area contributed by atoms with Gasteiger partial charge in [0.25, 0.3) is 0 Å². The molecule has 0 saturated heterocycles. The van der Waals surface area contributed by atoms with E-state index >= 15 is 0 Å². The van der Waals surface area contributed by atoms with Crippen LogP contribution in [0.3, 0.4) is 0 Å². The molecule has 0 aliphatic heterocycles. The fraction of sp³-hybridized carbons (Fsp3) is 0.500. The lowest BCUT2D eigenvalue weighted by molar-refractivity contribution is 0.602. The molecule has 1 aromatic rings. The van der Waals surface area contributed by atoms with Crippen LogP contribution >= 0.6 is 12.2 Å². The molecule has 0 saturated carbocycles. The Kier molecular flexibility index (Phi) is 4.05. The fourth-order valence-electron chi connectivity index (χ4n) is 2.15. The number of nitrogens with zero attached hydrogens (tertiary/aromatic N) is 1. The van der Waals surface area contributed by atoms with Gasteiger partial charge in [0.1, 0.15) is 20.6 Å². The maximum Gasteiger partial charge on any atom is 0.149 e. The van der Waals surface area contributed by atoms with Crippen LogP contribution in [0.25, 0.3) is 0 Å². The van der Waals surface area contributed by atoms with Crippen LogP contribution in [0, 0.1) is 0 Å². The first-order valence-corrected chi connectivity index (χ1v) is 8.58. The second-order valence-electron chi connectivity index (χ2n) is 4.76. The quantitative estimate of drug-likeness (QED) is 0.777. The van der Waals surface area contributed by atoms with Crippen molar-refractivity contribution >= 4 is 32.9 Å². The Morgan fingerprint density at radius 3 is 2.89 bits per heavy atom. The third-order valence-electron chi connectivity index (χ3n) is 3.08. The summed E-state index contributed by atoms with van der Waals surface area (Å²) >= 11 is 5.02. The van der Waals surface area contributed by atoms with E-state index in [1.54, 1.807) is 0 Å². The van der Waals surface area contributed by atoms with Crippen molar-refractivity contribution < 1.29 is 8.42 Å². The zero-order valence-electron chi connectivity index (χ0n) is 10.8. The van der Waals surface area contributed by atoms with Gasteiger partial charge in [0.05, 0.1) is 11.3 Å². The highest BCUT2D eigenvalue weighted by molar-refractivity contribution is 7.90. The van der Waals surface area contributed by atoms with Gasteiger partial charge in [-0.3, -0.25) is 0 Å². The van der Waals surface area contributed by atoms with Crippen molar-refractivity contribution in [3.8, 4) is 0 Å².